The molecule has 1 N–H and O–H groups in total. The van der Waals surface area contributed by atoms with Crippen molar-refractivity contribution < 1.29 is 14.6 Å². The molecule has 0 amide bonds. The van der Waals surface area contributed by atoms with Crippen LogP contribution >= 0.6 is 0 Å². The maximum atomic E-state index is 11.0. The van der Waals surface area contributed by atoms with Gasteiger partial charge in [-0.15, -0.1) is 0 Å². The predicted molar refractivity (Wildman–Crippen MR) is 85.9 cm³/mol. The van der Waals surface area contributed by atoms with Crippen molar-refractivity contribution in [2.75, 3.05) is 6.61 Å². The van der Waals surface area contributed by atoms with Crippen LogP contribution in [0.5, 0.6) is 5.75 Å². The van der Waals surface area contributed by atoms with Gasteiger partial charge in [0, 0.05) is 0 Å². The van der Waals surface area contributed by atoms with Crippen LogP contribution in [0.15, 0.2) is 24.3 Å². The number of carboxylic acid groups (broad SMARTS) is 1. The molecule has 1 aromatic carbocycles. The summed E-state index contributed by atoms with van der Waals surface area (Å²) in [4.78, 5) is 11.0. The topological polar surface area (TPSA) is 46.5 Å². The lowest BCUT2D eigenvalue weighted by Gasteiger charge is -2.23. The van der Waals surface area contributed by atoms with Crippen LogP contribution in [0, 0.1) is 5.41 Å². The minimum absolute atomic E-state index is 0.185. The summed E-state index contributed by atoms with van der Waals surface area (Å²) in [6.07, 6.45) is 2.45. The minimum Gasteiger partial charge on any atom is -0.494 e. The Bertz CT molecular complexity index is 458. The molecule has 118 valence electrons. The van der Waals surface area contributed by atoms with Crippen LogP contribution in [0.2, 0.25) is 0 Å². The molecule has 0 aliphatic carbocycles. The molecule has 1 aromatic rings. The number of hydrogen-bond donors (Lipinski definition) is 1. The Kier molecular flexibility index (Phi) is 5.82. The summed E-state index contributed by atoms with van der Waals surface area (Å²) in [6, 6.07) is 8.21. The van der Waals surface area contributed by atoms with Crippen molar-refractivity contribution in [3.05, 3.63) is 29.8 Å². The second-order valence-corrected chi connectivity index (χ2v) is 6.90. The Balaban J connectivity index is 2.46. The van der Waals surface area contributed by atoms with Crippen molar-refractivity contribution >= 4 is 5.97 Å². The molecule has 0 aliphatic rings. The first-order chi connectivity index (χ1) is 9.69. The zero-order valence-corrected chi connectivity index (χ0v) is 13.9. The largest absolute Gasteiger partial charge is 0.494 e. The molecule has 0 aromatic heterocycles. The Morgan fingerprint density at radius 3 is 2.19 bits per heavy atom. The van der Waals surface area contributed by atoms with Crippen LogP contribution in [0.1, 0.15) is 59.4 Å². The van der Waals surface area contributed by atoms with Crippen LogP contribution in [-0.4, -0.2) is 17.7 Å². The van der Waals surface area contributed by atoms with E-state index >= 15 is 0 Å². The predicted octanol–water partition coefficient (Wildman–Crippen LogP) is 4.64. The summed E-state index contributed by atoms with van der Waals surface area (Å²) >= 11 is 0. The average Bonchev–Trinajstić information content (AvgIpc) is 2.44. The number of carboxylic acids is 1. The lowest BCUT2D eigenvalue weighted by molar-refractivity contribution is -0.147. The van der Waals surface area contributed by atoms with Crippen molar-refractivity contribution in [1.82, 2.24) is 0 Å². The Labute approximate surface area is 128 Å². The highest BCUT2D eigenvalue weighted by Gasteiger charge is 2.26. The van der Waals surface area contributed by atoms with Crippen LogP contribution in [0.4, 0.5) is 0 Å². The normalized spacial score (nSPS) is 12.2. The SMILES string of the molecule is CCC(C)(C)c1ccc(OCCCC(C)(C)C(=O)O)cc1. The number of carbonyl (C=O) groups is 1. The van der Waals surface area contributed by atoms with E-state index in [4.69, 9.17) is 9.84 Å². The summed E-state index contributed by atoms with van der Waals surface area (Å²) in [6.45, 7) is 10.7. The molecular formula is C18H28O3. The van der Waals surface area contributed by atoms with E-state index in [1.54, 1.807) is 13.8 Å². The highest BCUT2D eigenvalue weighted by Crippen LogP contribution is 2.28. The van der Waals surface area contributed by atoms with Crippen LogP contribution in [-0.2, 0) is 10.2 Å². The van der Waals surface area contributed by atoms with E-state index in [9.17, 15) is 4.79 Å². The summed E-state index contributed by atoms with van der Waals surface area (Å²) in [5.74, 6) is 0.0902. The van der Waals surface area contributed by atoms with Gasteiger partial charge >= 0.3 is 5.97 Å². The molecule has 0 spiro atoms. The molecule has 0 aliphatic heterocycles. The van der Waals surface area contributed by atoms with Gasteiger partial charge in [-0.2, -0.15) is 0 Å². The van der Waals surface area contributed by atoms with Crippen molar-refractivity contribution in [2.45, 2.75) is 59.3 Å². The van der Waals surface area contributed by atoms with E-state index in [0.29, 0.717) is 13.0 Å². The van der Waals surface area contributed by atoms with Crippen molar-refractivity contribution in [3.8, 4) is 5.75 Å². The first-order valence-corrected chi connectivity index (χ1v) is 7.66. The molecule has 0 atom stereocenters. The van der Waals surface area contributed by atoms with Gasteiger partial charge in [0.15, 0.2) is 0 Å². The summed E-state index contributed by atoms with van der Waals surface area (Å²) in [5.41, 5.74) is 0.812. The minimum atomic E-state index is -0.756. The zero-order valence-electron chi connectivity index (χ0n) is 13.9. The highest BCUT2D eigenvalue weighted by atomic mass is 16.5. The quantitative estimate of drug-likeness (QED) is 0.710. The van der Waals surface area contributed by atoms with Crippen molar-refractivity contribution in [3.63, 3.8) is 0 Å². The Morgan fingerprint density at radius 2 is 1.71 bits per heavy atom. The number of ether oxygens (including phenoxy) is 1. The van der Waals surface area contributed by atoms with E-state index in [1.165, 1.54) is 5.56 Å². The number of hydrogen-bond acceptors (Lipinski definition) is 2. The first-order valence-electron chi connectivity index (χ1n) is 7.66. The van der Waals surface area contributed by atoms with Gasteiger partial charge in [0.2, 0.25) is 0 Å². The molecule has 3 heteroatoms. The second kappa shape index (κ2) is 6.97. The smallest absolute Gasteiger partial charge is 0.309 e. The maximum absolute atomic E-state index is 11.0. The Morgan fingerprint density at radius 1 is 1.14 bits per heavy atom. The molecule has 0 saturated carbocycles. The molecule has 0 radical (unpaired) electrons. The van der Waals surface area contributed by atoms with Crippen molar-refractivity contribution in [1.29, 1.82) is 0 Å². The fourth-order valence-electron chi connectivity index (χ4n) is 2.02. The fraction of sp³-hybridized carbons (Fsp3) is 0.611. The molecule has 0 unspecified atom stereocenters. The monoisotopic (exact) mass is 292 g/mol. The molecule has 3 nitrogen and oxygen atoms in total. The zero-order chi connectivity index (χ0) is 16.1. The number of aliphatic carboxylic acids is 1. The lowest BCUT2D eigenvalue weighted by Crippen LogP contribution is -2.24. The number of rotatable bonds is 8. The molecule has 0 heterocycles. The van der Waals surface area contributed by atoms with Gasteiger partial charge in [-0.05, 0) is 56.2 Å². The van der Waals surface area contributed by atoms with Crippen LogP contribution in [0.3, 0.4) is 0 Å². The van der Waals surface area contributed by atoms with E-state index in [0.717, 1.165) is 18.6 Å². The lowest BCUT2D eigenvalue weighted by atomic mass is 9.82. The van der Waals surface area contributed by atoms with Gasteiger partial charge in [0.05, 0.1) is 12.0 Å². The van der Waals surface area contributed by atoms with E-state index in [2.05, 4.69) is 32.9 Å². The van der Waals surface area contributed by atoms with Crippen LogP contribution < -0.4 is 4.74 Å². The number of benzene rings is 1. The van der Waals surface area contributed by atoms with Gasteiger partial charge in [0.25, 0.3) is 0 Å². The molecular weight excluding hydrogens is 264 g/mol. The summed E-state index contributed by atoms with van der Waals surface area (Å²) in [7, 11) is 0. The second-order valence-electron chi connectivity index (χ2n) is 6.90. The highest BCUT2D eigenvalue weighted by molar-refractivity contribution is 5.73. The van der Waals surface area contributed by atoms with Gasteiger partial charge < -0.3 is 9.84 Å². The van der Waals surface area contributed by atoms with Gasteiger partial charge in [0.1, 0.15) is 5.75 Å². The fourth-order valence-corrected chi connectivity index (χ4v) is 2.02. The standard InChI is InChI=1S/C18H28O3/c1-6-17(2,3)14-8-10-15(11-9-14)21-13-7-12-18(4,5)16(19)20/h8-11H,6-7,12-13H2,1-5H3,(H,19,20). The third kappa shape index (κ3) is 5.07. The third-order valence-corrected chi connectivity index (χ3v) is 4.31. The molecule has 0 saturated heterocycles. The molecule has 0 fully saturated rings. The van der Waals surface area contributed by atoms with Crippen LogP contribution in [0.25, 0.3) is 0 Å². The first kappa shape index (κ1) is 17.5. The van der Waals surface area contributed by atoms with Gasteiger partial charge in [-0.25, -0.2) is 0 Å². The van der Waals surface area contributed by atoms with E-state index in [-0.39, 0.29) is 5.41 Å². The maximum Gasteiger partial charge on any atom is 0.309 e. The average molecular weight is 292 g/mol. The summed E-state index contributed by atoms with van der Waals surface area (Å²) < 4.78 is 5.69. The van der Waals surface area contributed by atoms with E-state index in [1.807, 2.05) is 12.1 Å². The molecule has 21 heavy (non-hydrogen) atoms. The van der Waals surface area contributed by atoms with E-state index < -0.39 is 11.4 Å². The summed E-state index contributed by atoms with van der Waals surface area (Å²) in [5, 5.41) is 9.05. The van der Waals surface area contributed by atoms with Gasteiger partial charge in [-0.3, -0.25) is 4.79 Å². The van der Waals surface area contributed by atoms with Gasteiger partial charge in [-0.1, -0.05) is 32.9 Å². The molecule has 1 rings (SSSR count). The molecule has 0 bridgehead atoms. The Hall–Kier alpha value is -1.51. The van der Waals surface area contributed by atoms with Crippen molar-refractivity contribution in [2.24, 2.45) is 5.41 Å². The third-order valence-electron chi connectivity index (χ3n) is 4.31.